The van der Waals surface area contributed by atoms with Crippen molar-refractivity contribution in [2.24, 2.45) is 0 Å². The van der Waals surface area contributed by atoms with Gasteiger partial charge in [0.1, 0.15) is 0 Å². The van der Waals surface area contributed by atoms with Gasteiger partial charge in [0.2, 0.25) is 0 Å². The summed E-state index contributed by atoms with van der Waals surface area (Å²) in [5.74, 6) is 0. The lowest BCUT2D eigenvalue weighted by Gasteiger charge is -2.32. The number of carbonyl (C=O) groups excluding carboxylic acids is 1. The standard InChI is InChI=1S/C10H20N2O3/c1-7-5-9(6-8(2)15-7)12-10(14)11-3-4-13/h7-9,13H,3-6H2,1-2H3,(H2,11,12,14). The number of aliphatic hydroxyl groups excluding tert-OH is 1. The van der Waals surface area contributed by atoms with E-state index in [1.807, 2.05) is 13.8 Å². The summed E-state index contributed by atoms with van der Waals surface area (Å²) in [5.41, 5.74) is 0. The van der Waals surface area contributed by atoms with Crippen molar-refractivity contribution >= 4 is 6.03 Å². The summed E-state index contributed by atoms with van der Waals surface area (Å²) in [6.45, 7) is 4.28. The summed E-state index contributed by atoms with van der Waals surface area (Å²) in [5, 5.41) is 14.0. The molecule has 1 fully saturated rings. The Bertz CT molecular complexity index is 201. The SMILES string of the molecule is CC1CC(NC(=O)NCCO)CC(C)O1. The van der Waals surface area contributed by atoms with Gasteiger partial charge in [0.15, 0.2) is 0 Å². The Balaban J connectivity index is 2.27. The average molecular weight is 216 g/mol. The van der Waals surface area contributed by atoms with E-state index in [9.17, 15) is 4.79 Å². The van der Waals surface area contributed by atoms with Crippen molar-refractivity contribution in [1.29, 1.82) is 0 Å². The van der Waals surface area contributed by atoms with Gasteiger partial charge in [0, 0.05) is 12.6 Å². The molecule has 0 aliphatic carbocycles. The maximum Gasteiger partial charge on any atom is 0.315 e. The lowest BCUT2D eigenvalue weighted by molar-refractivity contribution is -0.0402. The Morgan fingerprint density at radius 3 is 2.53 bits per heavy atom. The summed E-state index contributed by atoms with van der Waals surface area (Å²) in [4.78, 5) is 11.3. The lowest BCUT2D eigenvalue weighted by atomic mass is 10.0. The molecule has 5 nitrogen and oxygen atoms in total. The minimum absolute atomic E-state index is 0.0337. The van der Waals surface area contributed by atoms with Crippen LogP contribution >= 0.6 is 0 Å². The van der Waals surface area contributed by atoms with Crippen LogP contribution in [0.2, 0.25) is 0 Å². The smallest absolute Gasteiger partial charge is 0.315 e. The van der Waals surface area contributed by atoms with E-state index >= 15 is 0 Å². The van der Waals surface area contributed by atoms with Crippen molar-refractivity contribution < 1.29 is 14.6 Å². The molecule has 0 aromatic heterocycles. The molecule has 2 atom stereocenters. The van der Waals surface area contributed by atoms with Crippen molar-refractivity contribution in [2.45, 2.75) is 44.9 Å². The molecule has 1 aliphatic rings. The van der Waals surface area contributed by atoms with Crippen LogP contribution in [0.5, 0.6) is 0 Å². The van der Waals surface area contributed by atoms with Crippen molar-refractivity contribution in [3.8, 4) is 0 Å². The van der Waals surface area contributed by atoms with Crippen LogP contribution in [-0.4, -0.2) is 42.5 Å². The maximum atomic E-state index is 11.3. The van der Waals surface area contributed by atoms with Crippen molar-refractivity contribution in [2.75, 3.05) is 13.2 Å². The first-order chi connectivity index (χ1) is 7.11. The zero-order chi connectivity index (χ0) is 11.3. The third-order valence-corrected chi connectivity index (χ3v) is 2.43. The van der Waals surface area contributed by atoms with Crippen molar-refractivity contribution in [3.63, 3.8) is 0 Å². The monoisotopic (exact) mass is 216 g/mol. The highest BCUT2D eigenvalue weighted by Crippen LogP contribution is 2.18. The molecule has 5 heteroatoms. The second kappa shape index (κ2) is 5.92. The van der Waals surface area contributed by atoms with Crippen LogP contribution in [-0.2, 0) is 4.74 Å². The van der Waals surface area contributed by atoms with Gasteiger partial charge in [-0.3, -0.25) is 0 Å². The molecule has 0 spiro atoms. The highest BCUT2D eigenvalue weighted by atomic mass is 16.5. The first-order valence-electron chi connectivity index (χ1n) is 5.42. The quantitative estimate of drug-likeness (QED) is 0.632. The van der Waals surface area contributed by atoms with Gasteiger partial charge < -0.3 is 20.5 Å². The molecule has 1 rings (SSSR count). The summed E-state index contributed by atoms with van der Waals surface area (Å²) in [6, 6.07) is -0.0437. The second-order valence-corrected chi connectivity index (χ2v) is 4.05. The molecule has 1 saturated heterocycles. The molecular weight excluding hydrogens is 196 g/mol. The fraction of sp³-hybridized carbons (Fsp3) is 0.900. The fourth-order valence-corrected chi connectivity index (χ4v) is 1.93. The van der Waals surface area contributed by atoms with Crippen LogP contribution in [0, 0.1) is 0 Å². The summed E-state index contributed by atoms with van der Waals surface area (Å²) >= 11 is 0. The van der Waals surface area contributed by atoms with E-state index in [0.717, 1.165) is 12.8 Å². The van der Waals surface area contributed by atoms with E-state index < -0.39 is 0 Å². The Morgan fingerprint density at radius 1 is 1.40 bits per heavy atom. The highest BCUT2D eigenvalue weighted by Gasteiger charge is 2.25. The Kier molecular flexibility index (Phi) is 4.84. The molecule has 0 aromatic rings. The van der Waals surface area contributed by atoms with E-state index in [1.165, 1.54) is 0 Å². The summed E-state index contributed by atoms with van der Waals surface area (Å²) in [7, 11) is 0. The van der Waals surface area contributed by atoms with E-state index in [2.05, 4.69) is 10.6 Å². The number of hydrogen-bond donors (Lipinski definition) is 3. The van der Waals surface area contributed by atoms with Gasteiger partial charge in [-0.15, -0.1) is 0 Å². The number of amides is 2. The number of carbonyl (C=O) groups is 1. The Labute approximate surface area is 90.2 Å². The van der Waals surface area contributed by atoms with Crippen LogP contribution in [0.25, 0.3) is 0 Å². The molecule has 1 heterocycles. The molecule has 2 unspecified atom stereocenters. The molecule has 0 saturated carbocycles. The third-order valence-electron chi connectivity index (χ3n) is 2.43. The number of aliphatic hydroxyl groups is 1. The number of nitrogens with one attached hydrogen (secondary N) is 2. The normalized spacial score (nSPS) is 31.0. The largest absolute Gasteiger partial charge is 0.395 e. The first kappa shape index (κ1) is 12.3. The van der Waals surface area contributed by atoms with Gasteiger partial charge in [-0.05, 0) is 26.7 Å². The van der Waals surface area contributed by atoms with E-state index in [0.29, 0.717) is 6.54 Å². The van der Waals surface area contributed by atoms with Gasteiger partial charge in [-0.2, -0.15) is 0 Å². The van der Waals surface area contributed by atoms with Gasteiger partial charge in [0.05, 0.1) is 18.8 Å². The molecule has 88 valence electrons. The zero-order valence-corrected chi connectivity index (χ0v) is 9.32. The molecule has 0 bridgehead atoms. The second-order valence-electron chi connectivity index (χ2n) is 4.05. The van der Waals surface area contributed by atoms with Gasteiger partial charge in [-0.25, -0.2) is 4.79 Å². The average Bonchev–Trinajstić information content (AvgIpc) is 2.13. The van der Waals surface area contributed by atoms with E-state index in [4.69, 9.17) is 9.84 Å². The van der Waals surface area contributed by atoms with Crippen LogP contribution in [0.15, 0.2) is 0 Å². The van der Waals surface area contributed by atoms with Gasteiger partial charge >= 0.3 is 6.03 Å². The van der Waals surface area contributed by atoms with E-state index in [-0.39, 0.29) is 30.9 Å². The van der Waals surface area contributed by atoms with Crippen LogP contribution in [0.3, 0.4) is 0 Å². The predicted molar refractivity (Wildman–Crippen MR) is 56.7 cm³/mol. The molecular formula is C10H20N2O3. The fourth-order valence-electron chi connectivity index (χ4n) is 1.93. The number of hydrogen-bond acceptors (Lipinski definition) is 3. The van der Waals surface area contributed by atoms with Gasteiger partial charge in [-0.1, -0.05) is 0 Å². The minimum Gasteiger partial charge on any atom is -0.395 e. The van der Waals surface area contributed by atoms with Crippen LogP contribution < -0.4 is 10.6 Å². The molecule has 2 amide bonds. The Hall–Kier alpha value is -0.810. The van der Waals surface area contributed by atoms with Gasteiger partial charge in [0.25, 0.3) is 0 Å². The molecule has 15 heavy (non-hydrogen) atoms. The van der Waals surface area contributed by atoms with Crippen molar-refractivity contribution in [1.82, 2.24) is 10.6 Å². The van der Waals surface area contributed by atoms with Crippen LogP contribution in [0.1, 0.15) is 26.7 Å². The van der Waals surface area contributed by atoms with Crippen LogP contribution in [0.4, 0.5) is 4.79 Å². The summed E-state index contributed by atoms with van der Waals surface area (Å²) in [6.07, 6.45) is 2.07. The molecule has 1 aliphatic heterocycles. The molecule has 3 N–H and O–H groups in total. The highest BCUT2D eigenvalue weighted by molar-refractivity contribution is 5.74. The molecule has 0 aromatic carbocycles. The Morgan fingerprint density at radius 2 is 2.00 bits per heavy atom. The lowest BCUT2D eigenvalue weighted by Crippen LogP contribution is -2.48. The topological polar surface area (TPSA) is 70.6 Å². The molecule has 0 radical (unpaired) electrons. The maximum absolute atomic E-state index is 11.3. The van der Waals surface area contributed by atoms with Crippen molar-refractivity contribution in [3.05, 3.63) is 0 Å². The predicted octanol–water partition coefficient (Wildman–Crippen LogP) is 0.234. The minimum atomic E-state index is -0.213. The third kappa shape index (κ3) is 4.48. The number of rotatable bonds is 3. The number of ether oxygens (including phenoxy) is 1. The number of urea groups is 1. The zero-order valence-electron chi connectivity index (χ0n) is 9.32. The summed E-state index contributed by atoms with van der Waals surface area (Å²) < 4.78 is 5.57. The first-order valence-corrected chi connectivity index (χ1v) is 5.42. The van der Waals surface area contributed by atoms with E-state index in [1.54, 1.807) is 0 Å².